The largest absolute Gasteiger partial charge is 0.481 e. The number of aryl methyl sites for hydroxylation is 1. The van der Waals surface area contributed by atoms with Crippen molar-refractivity contribution in [1.82, 2.24) is 0 Å². The van der Waals surface area contributed by atoms with E-state index in [0.717, 1.165) is 67.0 Å². The van der Waals surface area contributed by atoms with E-state index in [1.54, 1.807) is 0 Å². The number of carboxylic acids is 1. The fraction of sp³-hybridized carbons (Fsp3) is 0.345. The van der Waals surface area contributed by atoms with Crippen LogP contribution < -0.4 is 4.90 Å². The number of carboxylic acid groups (broad SMARTS) is 1. The van der Waals surface area contributed by atoms with Crippen LogP contribution in [0, 0.1) is 0 Å². The number of imide groups is 1. The van der Waals surface area contributed by atoms with E-state index < -0.39 is 5.97 Å². The second kappa shape index (κ2) is 9.41. The molecule has 0 unspecified atom stereocenters. The molecule has 0 spiro atoms. The third kappa shape index (κ3) is 4.11. The van der Waals surface area contributed by atoms with Crippen molar-refractivity contribution in [3.8, 4) is 0 Å². The Kier molecular flexibility index (Phi) is 6.18. The van der Waals surface area contributed by atoms with Crippen LogP contribution in [0.15, 0.2) is 48.5 Å². The summed E-state index contributed by atoms with van der Waals surface area (Å²) >= 11 is 0. The van der Waals surface area contributed by atoms with Crippen molar-refractivity contribution < 1.29 is 19.5 Å². The van der Waals surface area contributed by atoms with Gasteiger partial charge in [-0.05, 0) is 63.2 Å². The number of benzene rings is 4. The second-order valence-electron chi connectivity index (χ2n) is 9.37. The van der Waals surface area contributed by atoms with Crippen molar-refractivity contribution in [3.05, 3.63) is 54.1 Å². The first-order valence-electron chi connectivity index (χ1n) is 12.3. The summed E-state index contributed by atoms with van der Waals surface area (Å²) in [4.78, 5) is 37.4. The summed E-state index contributed by atoms with van der Waals surface area (Å²) in [6.07, 6.45) is 7.35. The first-order chi connectivity index (χ1) is 16.5. The Morgan fingerprint density at radius 3 is 2.09 bits per heavy atom. The van der Waals surface area contributed by atoms with Crippen molar-refractivity contribution in [2.24, 2.45) is 0 Å². The van der Waals surface area contributed by atoms with Crippen LogP contribution in [-0.4, -0.2) is 22.9 Å². The highest BCUT2D eigenvalue weighted by Crippen LogP contribution is 2.41. The van der Waals surface area contributed by atoms with Gasteiger partial charge in [-0.3, -0.25) is 19.3 Å². The lowest BCUT2D eigenvalue weighted by Crippen LogP contribution is -2.29. The summed E-state index contributed by atoms with van der Waals surface area (Å²) in [6, 6.07) is 16.9. The molecule has 0 aliphatic carbocycles. The molecular formula is C29H29NO4. The molecule has 0 radical (unpaired) electrons. The lowest BCUT2D eigenvalue weighted by molar-refractivity contribution is -0.137. The van der Waals surface area contributed by atoms with E-state index in [2.05, 4.69) is 42.5 Å². The zero-order valence-corrected chi connectivity index (χ0v) is 19.3. The Labute approximate surface area is 198 Å². The number of amides is 2. The zero-order valence-electron chi connectivity index (χ0n) is 19.3. The second-order valence-corrected chi connectivity index (χ2v) is 9.37. The Morgan fingerprint density at radius 2 is 1.38 bits per heavy atom. The molecule has 34 heavy (non-hydrogen) atoms. The third-order valence-electron chi connectivity index (χ3n) is 7.10. The Balaban J connectivity index is 1.48. The highest BCUT2D eigenvalue weighted by Gasteiger charge is 2.32. The summed E-state index contributed by atoms with van der Waals surface area (Å²) in [5, 5.41) is 15.8. The number of carbonyl (C=O) groups is 3. The van der Waals surface area contributed by atoms with E-state index in [-0.39, 0.29) is 31.1 Å². The molecule has 5 heteroatoms. The van der Waals surface area contributed by atoms with E-state index in [1.165, 1.54) is 26.4 Å². The minimum atomic E-state index is -0.729. The SMILES string of the molecule is O=C(O)CCCCCCCCc1c(N2C(=O)CCC2=O)cc2ccc3cccc4ccc1c2c34. The van der Waals surface area contributed by atoms with Gasteiger partial charge in [0.2, 0.25) is 11.8 Å². The maximum absolute atomic E-state index is 12.7. The lowest BCUT2D eigenvalue weighted by Gasteiger charge is -2.22. The van der Waals surface area contributed by atoms with Crippen molar-refractivity contribution in [3.63, 3.8) is 0 Å². The molecule has 1 fully saturated rings. The number of nitrogens with zero attached hydrogens (tertiary/aromatic N) is 1. The number of unbranched alkanes of at least 4 members (excludes halogenated alkanes) is 5. The summed E-state index contributed by atoms with van der Waals surface area (Å²) < 4.78 is 0. The van der Waals surface area contributed by atoms with Gasteiger partial charge < -0.3 is 5.11 Å². The standard InChI is InChI=1S/C29H29NO4/c31-25-16-17-26(32)30(25)24-18-21-13-12-19-8-7-9-20-14-15-23(29(21)28(19)20)22(24)10-5-3-1-2-4-6-11-27(33)34/h7-9,12-15,18H,1-6,10-11,16-17H2,(H,33,34). The van der Waals surface area contributed by atoms with Gasteiger partial charge in [0, 0.05) is 19.3 Å². The molecule has 1 aliphatic heterocycles. The van der Waals surface area contributed by atoms with Gasteiger partial charge in [-0.2, -0.15) is 0 Å². The first kappa shape index (κ1) is 22.3. The van der Waals surface area contributed by atoms with Crippen molar-refractivity contribution in [2.75, 3.05) is 4.90 Å². The number of rotatable bonds is 10. The van der Waals surface area contributed by atoms with Gasteiger partial charge in [0.25, 0.3) is 0 Å². The normalized spacial score (nSPS) is 14.3. The van der Waals surface area contributed by atoms with Gasteiger partial charge in [-0.25, -0.2) is 0 Å². The topological polar surface area (TPSA) is 74.7 Å². The fourth-order valence-electron chi connectivity index (χ4n) is 5.45. The molecule has 1 N–H and O–H groups in total. The van der Waals surface area contributed by atoms with Crippen LogP contribution in [0.3, 0.4) is 0 Å². The van der Waals surface area contributed by atoms with Crippen LogP contribution in [-0.2, 0) is 20.8 Å². The van der Waals surface area contributed by atoms with Gasteiger partial charge in [-0.1, -0.05) is 68.1 Å². The summed E-state index contributed by atoms with van der Waals surface area (Å²) in [5.74, 6) is -0.956. The van der Waals surface area contributed by atoms with E-state index in [0.29, 0.717) is 0 Å². The number of aliphatic carboxylic acids is 1. The molecule has 0 saturated carbocycles. The Hall–Kier alpha value is -3.47. The summed E-state index contributed by atoms with van der Waals surface area (Å²) in [5.41, 5.74) is 1.83. The van der Waals surface area contributed by atoms with E-state index in [4.69, 9.17) is 5.11 Å². The predicted molar refractivity (Wildman–Crippen MR) is 136 cm³/mol. The molecule has 1 aliphatic rings. The van der Waals surface area contributed by atoms with Crippen LogP contribution in [0.2, 0.25) is 0 Å². The molecule has 0 aromatic heterocycles. The molecular weight excluding hydrogens is 426 g/mol. The van der Waals surface area contributed by atoms with Gasteiger partial charge in [0.1, 0.15) is 0 Å². The monoisotopic (exact) mass is 455 g/mol. The van der Waals surface area contributed by atoms with Crippen molar-refractivity contribution >= 4 is 55.8 Å². The summed E-state index contributed by atoms with van der Waals surface area (Å²) in [6.45, 7) is 0. The van der Waals surface area contributed by atoms with Crippen molar-refractivity contribution in [1.29, 1.82) is 0 Å². The average molecular weight is 456 g/mol. The molecule has 4 aromatic rings. The van der Waals surface area contributed by atoms with E-state index in [1.807, 2.05) is 6.07 Å². The molecule has 2 amide bonds. The molecule has 0 bridgehead atoms. The van der Waals surface area contributed by atoms with Crippen LogP contribution in [0.25, 0.3) is 32.3 Å². The van der Waals surface area contributed by atoms with Crippen molar-refractivity contribution in [2.45, 2.75) is 64.2 Å². The average Bonchev–Trinajstić information content (AvgIpc) is 3.17. The Bertz CT molecular complexity index is 1360. The van der Waals surface area contributed by atoms with Gasteiger partial charge in [-0.15, -0.1) is 0 Å². The Morgan fingerprint density at radius 1 is 0.765 bits per heavy atom. The highest BCUT2D eigenvalue weighted by atomic mass is 16.4. The maximum Gasteiger partial charge on any atom is 0.303 e. The molecule has 5 rings (SSSR count). The van der Waals surface area contributed by atoms with E-state index in [9.17, 15) is 14.4 Å². The molecule has 4 aromatic carbocycles. The van der Waals surface area contributed by atoms with Gasteiger partial charge in [0.15, 0.2) is 0 Å². The van der Waals surface area contributed by atoms with Crippen LogP contribution in [0.5, 0.6) is 0 Å². The number of hydrogen-bond donors (Lipinski definition) is 1. The predicted octanol–water partition coefficient (Wildman–Crippen LogP) is 6.60. The quantitative estimate of drug-likeness (QED) is 0.166. The van der Waals surface area contributed by atoms with Gasteiger partial charge in [0.05, 0.1) is 5.69 Å². The molecule has 5 nitrogen and oxygen atoms in total. The number of hydrogen-bond acceptors (Lipinski definition) is 3. The molecule has 174 valence electrons. The number of carbonyl (C=O) groups excluding carboxylic acids is 2. The maximum atomic E-state index is 12.7. The lowest BCUT2D eigenvalue weighted by atomic mass is 9.89. The smallest absolute Gasteiger partial charge is 0.303 e. The summed E-state index contributed by atoms with van der Waals surface area (Å²) in [7, 11) is 0. The zero-order chi connectivity index (χ0) is 23.7. The fourth-order valence-corrected chi connectivity index (χ4v) is 5.45. The minimum Gasteiger partial charge on any atom is -0.481 e. The third-order valence-corrected chi connectivity index (χ3v) is 7.10. The first-order valence-corrected chi connectivity index (χ1v) is 12.3. The molecule has 1 saturated heterocycles. The van der Waals surface area contributed by atoms with Gasteiger partial charge >= 0.3 is 5.97 Å². The van der Waals surface area contributed by atoms with Crippen LogP contribution in [0.1, 0.15) is 63.4 Å². The van der Waals surface area contributed by atoms with Crippen LogP contribution >= 0.6 is 0 Å². The van der Waals surface area contributed by atoms with Crippen LogP contribution in [0.4, 0.5) is 5.69 Å². The number of anilines is 1. The molecule has 0 atom stereocenters. The minimum absolute atomic E-state index is 0.113. The van der Waals surface area contributed by atoms with E-state index >= 15 is 0 Å². The highest BCUT2D eigenvalue weighted by molar-refractivity contribution is 6.27. The molecule has 1 heterocycles.